The summed E-state index contributed by atoms with van der Waals surface area (Å²) in [5, 5.41) is 9.64. The van der Waals surface area contributed by atoms with Crippen molar-refractivity contribution in [1.29, 1.82) is 0 Å². The lowest BCUT2D eigenvalue weighted by Gasteiger charge is -2.24. The monoisotopic (exact) mass is 437 g/mol. The lowest BCUT2D eigenvalue weighted by molar-refractivity contribution is -0.143. The average molecular weight is 437 g/mol. The third-order valence-corrected chi connectivity index (χ3v) is 6.30. The Labute approximate surface area is 177 Å². The Morgan fingerprint density at radius 3 is 2.68 bits per heavy atom. The number of carbonyl (C=O) groups is 1. The molecule has 1 saturated carbocycles. The summed E-state index contributed by atoms with van der Waals surface area (Å²) < 4.78 is 58.6. The van der Waals surface area contributed by atoms with Crippen LogP contribution in [0.2, 0.25) is 0 Å². The van der Waals surface area contributed by atoms with Crippen LogP contribution in [0.25, 0.3) is 0 Å². The number of benzene rings is 2. The van der Waals surface area contributed by atoms with Crippen molar-refractivity contribution in [3.8, 4) is 5.75 Å². The highest BCUT2D eigenvalue weighted by atomic mass is 19.4. The molecule has 0 aromatic heterocycles. The molecule has 31 heavy (non-hydrogen) atoms. The molecule has 2 aliphatic rings. The minimum absolute atomic E-state index is 0.121. The molecule has 2 fully saturated rings. The van der Waals surface area contributed by atoms with E-state index in [1.54, 1.807) is 12.1 Å². The molecule has 0 bridgehead atoms. The van der Waals surface area contributed by atoms with Gasteiger partial charge in [0.25, 0.3) is 0 Å². The van der Waals surface area contributed by atoms with Crippen molar-refractivity contribution < 1.29 is 32.2 Å². The van der Waals surface area contributed by atoms with E-state index in [-0.39, 0.29) is 24.8 Å². The first-order chi connectivity index (χ1) is 14.7. The van der Waals surface area contributed by atoms with Gasteiger partial charge in [0.15, 0.2) is 0 Å². The number of carboxylic acid groups (broad SMARTS) is 1. The molecule has 3 unspecified atom stereocenters. The fourth-order valence-corrected chi connectivity index (χ4v) is 4.86. The van der Waals surface area contributed by atoms with Gasteiger partial charge in [-0.25, -0.2) is 4.39 Å². The summed E-state index contributed by atoms with van der Waals surface area (Å²) in [5.41, 5.74) is -0.0663. The van der Waals surface area contributed by atoms with Crippen LogP contribution in [0.1, 0.15) is 36.0 Å². The van der Waals surface area contributed by atoms with Gasteiger partial charge in [0.2, 0.25) is 0 Å². The fourth-order valence-electron chi connectivity index (χ4n) is 4.86. The summed E-state index contributed by atoms with van der Waals surface area (Å²) in [5.74, 6) is -0.722. The van der Waals surface area contributed by atoms with Gasteiger partial charge in [-0.15, -0.1) is 0 Å². The van der Waals surface area contributed by atoms with Gasteiger partial charge < -0.3 is 9.84 Å². The fraction of sp³-hybridized carbons (Fsp3) is 0.435. The number of fused-ring (bicyclic) bond motifs is 1. The summed E-state index contributed by atoms with van der Waals surface area (Å²) in [6, 6.07) is 8.49. The van der Waals surface area contributed by atoms with Gasteiger partial charge in [-0.2, -0.15) is 13.2 Å². The van der Waals surface area contributed by atoms with Crippen LogP contribution in [0.5, 0.6) is 5.75 Å². The minimum Gasteiger partial charge on any atom is -0.489 e. The van der Waals surface area contributed by atoms with Crippen LogP contribution in [0.3, 0.4) is 0 Å². The molecular formula is C23H23F4NO3. The zero-order valence-electron chi connectivity index (χ0n) is 16.7. The molecule has 2 aromatic rings. The maximum Gasteiger partial charge on any atom is 0.416 e. The van der Waals surface area contributed by atoms with Crippen molar-refractivity contribution in [2.45, 2.75) is 44.6 Å². The van der Waals surface area contributed by atoms with E-state index in [2.05, 4.69) is 0 Å². The number of alkyl halides is 3. The van der Waals surface area contributed by atoms with E-state index in [0.29, 0.717) is 23.6 Å². The van der Waals surface area contributed by atoms with Crippen molar-refractivity contribution in [1.82, 2.24) is 4.90 Å². The molecule has 1 N–H and O–H groups in total. The lowest BCUT2D eigenvalue weighted by atomic mass is 9.94. The molecule has 4 rings (SSSR count). The number of rotatable bonds is 6. The number of carboxylic acids is 1. The molecule has 0 radical (unpaired) electrons. The predicted octanol–water partition coefficient (Wildman–Crippen LogP) is 5.11. The second kappa shape index (κ2) is 8.49. The topological polar surface area (TPSA) is 49.8 Å². The van der Waals surface area contributed by atoms with Crippen LogP contribution in [0, 0.1) is 17.7 Å². The summed E-state index contributed by atoms with van der Waals surface area (Å²) in [6.45, 7) is 0.720. The van der Waals surface area contributed by atoms with E-state index in [1.807, 2.05) is 4.90 Å². The second-order valence-electron chi connectivity index (χ2n) is 8.31. The van der Waals surface area contributed by atoms with Crippen LogP contribution >= 0.6 is 0 Å². The Morgan fingerprint density at radius 1 is 1.16 bits per heavy atom. The lowest BCUT2D eigenvalue weighted by Crippen LogP contribution is -2.39. The highest BCUT2D eigenvalue weighted by Gasteiger charge is 2.47. The third-order valence-electron chi connectivity index (χ3n) is 6.30. The Bertz CT molecular complexity index is 962. The quantitative estimate of drug-likeness (QED) is 0.639. The Morgan fingerprint density at radius 2 is 1.97 bits per heavy atom. The molecule has 166 valence electrons. The maximum absolute atomic E-state index is 14.7. The Hall–Kier alpha value is -2.61. The Kier molecular flexibility index (Phi) is 5.92. The first-order valence-corrected chi connectivity index (χ1v) is 10.3. The van der Waals surface area contributed by atoms with E-state index in [1.165, 1.54) is 18.2 Å². The van der Waals surface area contributed by atoms with E-state index in [9.17, 15) is 27.5 Å². The van der Waals surface area contributed by atoms with Crippen LogP contribution in [0.4, 0.5) is 17.6 Å². The number of halogens is 4. The molecule has 8 heteroatoms. The maximum atomic E-state index is 14.7. The van der Waals surface area contributed by atoms with Gasteiger partial charge in [0.05, 0.1) is 5.56 Å². The molecule has 1 saturated heterocycles. The van der Waals surface area contributed by atoms with Crippen molar-refractivity contribution in [3.63, 3.8) is 0 Å². The minimum atomic E-state index is -4.44. The predicted molar refractivity (Wildman–Crippen MR) is 105 cm³/mol. The second-order valence-corrected chi connectivity index (χ2v) is 8.31. The van der Waals surface area contributed by atoms with Gasteiger partial charge in [0.1, 0.15) is 24.2 Å². The molecule has 3 atom stereocenters. The van der Waals surface area contributed by atoms with Crippen LogP contribution in [0.15, 0.2) is 42.5 Å². The SMILES string of the molecule is O=C(O)C1C2CCCC2CN1Cc1ccc(OCc2cccc(C(F)(F)F)c2)cc1F. The van der Waals surface area contributed by atoms with Crippen LogP contribution in [-0.4, -0.2) is 28.6 Å². The zero-order valence-corrected chi connectivity index (χ0v) is 16.7. The molecule has 1 heterocycles. The van der Waals surface area contributed by atoms with E-state index in [0.717, 1.165) is 31.4 Å². The number of nitrogens with zero attached hydrogens (tertiary/aromatic N) is 1. The average Bonchev–Trinajstić information content (AvgIpc) is 3.28. The Balaban J connectivity index is 1.41. The van der Waals surface area contributed by atoms with Crippen molar-refractivity contribution in [2.24, 2.45) is 11.8 Å². The van der Waals surface area contributed by atoms with Crippen LogP contribution in [-0.2, 0) is 24.1 Å². The molecule has 1 aliphatic carbocycles. The van der Waals surface area contributed by atoms with Crippen LogP contribution < -0.4 is 4.74 Å². The zero-order chi connectivity index (χ0) is 22.2. The normalized spacial score (nSPS) is 23.7. The van der Waals surface area contributed by atoms with Gasteiger partial charge in [-0.1, -0.05) is 24.6 Å². The summed E-state index contributed by atoms with van der Waals surface area (Å²) in [7, 11) is 0. The van der Waals surface area contributed by atoms with Gasteiger partial charge in [-0.05, 0) is 48.4 Å². The smallest absolute Gasteiger partial charge is 0.416 e. The summed E-state index contributed by atoms with van der Waals surface area (Å²) >= 11 is 0. The molecule has 4 nitrogen and oxygen atoms in total. The van der Waals surface area contributed by atoms with Gasteiger partial charge in [-0.3, -0.25) is 9.69 Å². The molecule has 0 spiro atoms. The van der Waals surface area contributed by atoms with Gasteiger partial charge >= 0.3 is 12.1 Å². The number of aliphatic carboxylic acids is 1. The standard InChI is InChI=1S/C23H23F4NO3/c24-20-10-18(31-13-14-3-1-5-17(9-14)23(25,26)27)8-7-16(20)12-28-11-15-4-2-6-19(15)21(28)22(29)30/h1,3,5,7-10,15,19,21H,2,4,6,11-13H2,(H,29,30). The summed E-state index contributed by atoms with van der Waals surface area (Å²) in [4.78, 5) is 13.6. The molecule has 0 amide bonds. The van der Waals surface area contributed by atoms with Crippen molar-refractivity contribution in [3.05, 3.63) is 65.0 Å². The third kappa shape index (κ3) is 4.69. The highest BCUT2D eigenvalue weighted by Crippen LogP contribution is 2.43. The van der Waals surface area contributed by atoms with E-state index >= 15 is 0 Å². The first-order valence-electron chi connectivity index (χ1n) is 10.3. The van der Waals surface area contributed by atoms with E-state index in [4.69, 9.17) is 4.74 Å². The molecule has 2 aromatic carbocycles. The number of hydrogen-bond donors (Lipinski definition) is 1. The molecule has 1 aliphatic heterocycles. The first kappa shape index (κ1) is 21.6. The highest BCUT2D eigenvalue weighted by molar-refractivity contribution is 5.74. The summed E-state index contributed by atoms with van der Waals surface area (Å²) in [6.07, 6.45) is -1.50. The van der Waals surface area contributed by atoms with Crippen molar-refractivity contribution >= 4 is 5.97 Å². The number of hydrogen-bond acceptors (Lipinski definition) is 3. The number of likely N-dealkylation sites (tertiary alicyclic amines) is 1. The van der Waals surface area contributed by atoms with Gasteiger partial charge in [0, 0.05) is 24.7 Å². The van der Waals surface area contributed by atoms with E-state index < -0.39 is 29.6 Å². The number of ether oxygens (including phenoxy) is 1. The molecular weight excluding hydrogens is 414 g/mol. The largest absolute Gasteiger partial charge is 0.489 e. The van der Waals surface area contributed by atoms with Crippen molar-refractivity contribution in [2.75, 3.05) is 6.54 Å².